The van der Waals surface area contributed by atoms with Crippen molar-refractivity contribution in [2.75, 3.05) is 0 Å². The monoisotopic (exact) mass is 126 g/mol. The average molecular weight is 126 g/mol. The van der Waals surface area contributed by atoms with Crippen LogP contribution in [0.3, 0.4) is 0 Å². The number of amides is 1. The van der Waals surface area contributed by atoms with Crippen molar-refractivity contribution in [3.05, 3.63) is 11.6 Å². The van der Waals surface area contributed by atoms with E-state index in [1.165, 1.54) is 6.21 Å². The van der Waals surface area contributed by atoms with Gasteiger partial charge in [0.25, 0.3) is 0 Å². The zero-order chi connectivity index (χ0) is 6.85. The van der Waals surface area contributed by atoms with E-state index in [-0.39, 0.29) is 5.91 Å². The van der Waals surface area contributed by atoms with E-state index in [0.717, 1.165) is 5.57 Å². The number of hydrogen-bond acceptors (Lipinski definition) is 2. The van der Waals surface area contributed by atoms with Gasteiger partial charge in [-0.1, -0.05) is 5.57 Å². The van der Waals surface area contributed by atoms with Crippen LogP contribution in [0.25, 0.3) is 0 Å². The van der Waals surface area contributed by atoms with Gasteiger partial charge >= 0.3 is 5.91 Å². The first-order chi connectivity index (χ1) is 4.20. The molecule has 0 aromatic rings. The third-order valence-electron chi connectivity index (χ3n) is 1.19. The van der Waals surface area contributed by atoms with E-state index in [2.05, 4.69) is 0 Å². The molecule has 1 amide bonds. The van der Waals surface area contributed by atoms with Gasteiger partial charge in [-0.2, -0.15) is 0 Å². The van der Waals surface area contributed by atoms with Gasteiger partial charge in [-0.05, 0) is 6.92 Å². The standard InChI is InChI=1S/C6H8NO2/c1-5-2-3-7(9)6(8)4-5/h2-3,9H,4H2,1H3/q+1. The summed E-state index contributed by atoms with van der Waals surface area (Å²) in [6.45, 7) is 1.85. The first-order valence-corrected chi connectivity index (χ1v) is 2.72. The Hall–Kier alpha value is -1.12. The lowest BCUT2D eigenvalue weighted by Crippen LogP contribution is -2.20. The SMILES string of the molecule is CC1=CC=[N+](O)C(=O)C1. The Balaban J connectivity index is 2.86. The van der Waals surface area contributed by atoms with Gasteiger partial charge in [-0.15, -0.1) is 0 Å². The van der Waals surface area contributed by atoms with Crippen LogP contribution in [0, 0.1) is 0 Å². The Morgan fingerprint density at radius 2 is 2.44 bits per heavy atom. The molecular formula is C6H8NO2+. The van der Waals surface area contributed by atoms with Crippen molar-refractivity contribution in [3.8, 4) is 0 Å². The molecule has 0 aromatic heterocycles. The fraction of sp³-hybridized carbons (Fsp3) is 0.333. The second-order valence-electron chi connectivity index (χ2n) is 2.08. The molecule has 0 radical (unpaired) electrons. The minimum atomic E-state index is -0.269. The predicted octanol–water partition coefficient (Wildman–Crippen LogP) is 0.336. The molecule has 0 saturated heterocycles. The Morgan fingerprint density at radius 3 is 2.89 bits per heavy atom. The molecule has 1 heterocycles. The van der Waals surface area contributed by atoms with E-state index < -0.39 is 0 Å². The topological polar surface area (TPSA) is 40.3 Å². The molecule has 1 aliphatic rings. The first kappa shape index (κ1) is 6.01. The molecule has 1 N–H and O–H groups in total. The highest BCUT2D eigenvalue weighted by molar-refractivity contribution is 5.82. The van der Waals surface area contributed by atoms with Gasteiger partial charge in [0.15, 0.2) is 0 Å². The second-order valence-corrected chi connectivity index (χ2v) is 2.08. The van der Waals surface area contributed by atoms with E-state index in [1.807, 2.05) is 6.92 Å². The summed E-state index contributed by atoms with van der Waals surface area (Å²) in [5, 5.41) is 8.68. The summed E-state index contributed by atoms with van der Waals surface area (Å²) >= 11 is 0. The van der Waals surface area contributed by atoms with Crippen LogP contribution >= 0.6 is 0 Å². The smallest absolute Gasteiger partial charge is 0.282 e. The predicted molar refractivity (Wildman–Crippen MR) is 31.5 cm³/mol. The minimum Gasteiger partial charge on any atom is -0.282 e. The third kappa shape index (κ3) is 1.16. The van der Waals surface area contributed by atoms with Crippen LogP contribution in [-0.2, 0) is 4.79 Å². The Morgan fingerprint density at radius 1 is 1.78 bits per heavy atom. The third-order valence-corrected chi connectivity index (χ3v) is 1.19. The maximum Gasteiger partial charge on any atom is 0.437 e. The van der Waals surface area contributed by atoms with Crippen LogP contribution in [0.5, 0.6) is 0 Å². The highest BCUT2D eigenvalue weighted by Gasteiger charge is 2.19. The molecule has 1 rings (SSSR count). The lowest BCUT2D eigenvalue weighted by molar-refractivity contribution is -0.702. The van der Waals surface area contributed by atoms with Crippen LogP contribution in [-0.4, -0.2) is 22.1 Å². The maximum atomic E-state index is 10.6. The van der Waals surface area contributed by atoms with Crippen LogP contribution in [0.2, 0.25) is 0 Å². The summed E-state index contributed by atoms with van der Waals surface area (Å²) in [4.78, 5) is 10.6. The Bertz CT molecular complexity index is 203. The lowest BCUT2D eigenvalue weighted by atomic mass is 10.2. The number of carbonyl (C=O) groups excluding carboxylic acids is 1. The summed E-state index contributed by atoms with van der Waals surface area (Å²) in [6, 6.07) is 0. The summed E-state index contributed by atoms with van der Waals surface area (Å²) in [7, 11) is 0. The van der Waals surface area contributed by atoms with Crippen molar-refractivity contribution in [1.82, 2.24) is 0 Å². The van der Waals surface area contributed by atoms with Gasteiger partial charge in [0, 0.05) is 10.8 Å². The molecule has 0 fully saturated rings. The van der Waals surface area contributed by atoms with Crippen molar-refractivity contribution in [2.45, 2.75) is 13.3 Å². The Kier molecular flexibility index (Phi) is 1.34. The zero-order valence-corrected chi connectivity index (χ0v) is 5.16. The molecule has 0 aliphatic carbocycles. The fourth-order valence-electron chi connectivity index (χ4n) is 0.659. The normalized spacial score (nSPS) is 19.0. The molecule has 9 heavy (non-hydrogen) atoms. The van der Waals surface area contributed by atoms with Crippen molar-refractivity contribution in [2.24, 2.45) is 0 Å². The van der Waals surface area contributed by atoms with Crippen LogP contribution in [0.4, 0.5) is 0 Å². The molecule has 0 unspecified atom stereocenters. The molecule has 3 heteroatoms. The number of rotatable bonds is 0. The summed E-state index contributed by atoms with van der Waals surface area (Å²) < 4.78 is 0.604. The van der Waals surface area contributed by atoms with Crippen LogP contribution < -0.4 is 0 Å². The van der Waals surface area contributed by atoms with E-state index in [9.17, 15) is 4.79 Å². The molecule has 48 valence electrons. The number of carbonyl (C=O) groups is 1. The number of nitrogens with zero attached hydrogens (tertiary/aromatic N) is 1. The van der Waals surface area contributed by atoms with Gasteiger partial charge in [0.1, 0.15) is 6.42 Å². The highest BCUT2D eigenvalue weighted by Crippen LogP contribution is 2.02. The molecule has 0 aromatic carbocycles. The molecular weight excluding hydrogens is 118 g/mol. The van der Waals surface area contributed by atoms with Crippen molar-refractivity contribution in [3.63, 3.8) is 0 Å². The van der Waals surface area contributed by atoms with Crippen LogP contribution in [0.1, 0.15) is 13.3 Å². The quantitative estimate of drug-likeness (QED) is 0.289. The molecule has 1 aliphatic heterocycles. The Labute approximate surface area is 52.9 Å². The van der Waals surface area contributed by atoms with E-state index >= 15 is 0 Å². The second kappa shape index (κ2) is 2.01. The van der Waals surface area contributed by atoms with E-state index in [4.69, 9.17) is 5.21 Å². The van der Waals surface area contributed by atoms with Gasteiger partial charge in [0.2, 0.25) is 6.21 Å². The number of hydroxylamine groups is 1. The van der Waals surface area contributed by atoms with Crippen molar-refractivity contribution in [1.29, 1.82) is 0 Å². The fourth-order valence-corrected chi connectivity index (χ4v) is 0.659. The molecule has 0 bridgehead atoms. The summed E-state index contributed by atoms with van der Waals surface area (Å²) in [5.41, 5.74) is 0.977. The lowest BCUT2D eigenvalue weighted by Gasteiger charge is -1.96. The minimum absolute atomic E-state index is 0.269. The summed E-state index contributed by atoms with van der Waals surface area (Å²) in [5.74, 6) is -0.269. The maximum absolute atomic E-state index is 10.6. The average Bonchev–Trinajstić information content (AvgIpc) is 1.80. The van der Waals surface area contributed by atoms with Crippen LogP contribution in [0.15, 0.2) is 11.6 Å². The molecule has 3 nitrogen and oxygen atoms in total. The van der Waals surface area contributed by atoms with E-state index in [1.54, 1.807) is 6.08 Å². The number of hydrogen-bond donors (Lipinski definition) is 1. The number of allylic oxidation sites excluding steroid dienone is 1. The van der Waals surface area contributed by atoms with Crippen molar-refractivity contribution < 1.29 is 14.7 Å². The van der Waals surface area contributed by atoms with Gasteiger partial charge in [-0.25, -0.2) is 4.79 Å². The van der Waals surface area contributed by atoms with Crippen molar-refractivity contribution >= 4 is 12.1 Å². The van der Waals surface area contributed by atoms with Gasteiger partial charge in [0.05, 0.1) is 0 Å². The molecule has 0 atom stereocenters. The molecule has 0 saturated carbocycles. The van der Waals surface area contributed by atoms with Gasteiger partial charge in [-0.3, -0.25) is 5.21 Å². The summed E-state index contributed by atoms with van der Waals surface area (Å²) in [6.07, 6.45) is 3.38. The van der Waals surface area contributed by atoms with Gasteiger partial charge < -0.3 is 0 Å². The molecule has 0 spiro atoms. The first-order valence-electron chi connectivity index (χ1n) is 2.72. The largest absolute Gasteiger partial charge is 0.437 e. The highest BCUT2D eigenvalue weighted by atomic mass is 16.5. The van der Waals surface area contributed by atoms with E-state index in [0.29, 0.717) is 11.2 Å². The zero-order valence-electron chi connectivity index (χ0n) is 5.16.